The van der Waals surface area contributed by atoms with Gasteiger partial charge in [-0.25, -0.2) is 0 Å². The number of rotatable bonds is 4. The third-order valence-corrected chi connectivity index (χ3v) is 3.71. The van der Waals surface area contributed by atoms with Gasteiger partial charge in [0.05, 0.1) is 11.7 Å². The second-order valence-corrected chi connectivity index (χ2v) is 5.25. The van der Waals surface area contributed by atoms with Crippen LogP contribution >= 0.6 is 11.6 Å². The maximum atomic E-state index is 6.24. The molecule has 0 spiro atoms. The van der Waals surface area contributed by atoms with E-state index < -0.39 is 0 Å². The number of benzene rings is 1. The quantitative estimate of drug-likeness (QED) is 0.928. The number of hydrogen-bond acceptors (Lipinski definition) is 2. The van der Waals surface area contributed by atoms with Crippen LogP contribution in [0.25, 0.3) is 0 Å². The van der Waals surface area contributed by atoms with Crippen LogP contribution in [0.1, 0.15) is 35.3 Å². The van der Waals surface area contributed by atoms with Gasteiger partial charge in [0.1, 0.15) is 0 Å². The highest BCUT2D eigenvalue weighted by molar-refractivity contribution is 6.31. The van der Waals surface area contributed by atoms with Crippen molar-refractivity contribution in [1.29, 1.82) is 0 Å². The minimum atomic E-state index is 0.136. The van der Waals surface area contributed by atoms with Gasteiger partial charge in [0.15, 0.2) is 0 Å². The highest BCUT2D eigenvalue weighted by atomic mass is 35.5. The Morgan fingerprint density at radius 1 is 1.37 bits per heavy atom. The van der Waals surface area contributed by atoms with E-state index in [-0.39, 0.29) is 6.04 Å². The Balaban J connectivity index is 2.44. The highest BCUT2D eigenvalue weighted by Gasteiger charge is 2.18. The van der Waals surface area contributed by atoms with Crippen LogP contribution in [-0.2, 0) is 7.05 Å². The van der Waals surface area contributed by atoms with E-state index in [1.165, 1.54) is 11.1 Å². The SMILES string of the molecule is CCNC(c1ccc(C)c(Cl)c1)c1cn(C)nc1C. The number of nitrogens with zero attached hydrogens (tertiary/aromatic N) is 2. The summed E-state index contributed by atoms with van der Waals surface area (Å²) in [5, 5.41) is 8.73. The standard InChI is InChI=1S/C15H20ClN3/c1-5-17-15(13-9-19(4)18-11(13)3)12-7-6-10(2)14(16)8-12/h6-9,15,17H,5H2,1-4H3. The zero-order chi connectivity index (χ0) is 14.0. The molecule has 0 saturated heterocycles. The second-order valence-electron chi connectivity index (χ2n) is 4.84. The molecule has 19 heavy (non-hydrogen) atoms. The molecule has 2 rings (SSSR count). The lowest BCUT2D eigenvalue weighted by Gasteiger charge is -2.18. The molecule has 1 aromatic carbocycles. The Labute approximate surface area is 119 Å². The lowest BCUT2D eigenvalue weighted by molar-refractivity contribution is 0.627. The van der Waals surface area contributed by atoms with Gasteiger partial charge < -0.3 is 5.32 Å². The molecule has 0 fully saturated rings. The maximum absolute atomic E-state index is 6.24. The normalized spacial score (nSPS) is 12.7. The molecule has 3 nitrogen and oxygen atoms in total. The molecule has 0 amide bonds. The molecule has 0 saturated carbocycles. The number of aryl methyl sites for hydroxylation is 3. The van der Waals surface area contributed by atoms with Gasteiger partial charge in [0.25, 0.3) is 0 Å². The summed E-state index contributed by atoms with van der Waals surface area (Å²) < 4.78 is 1.85. The van der Waals surface area contributed by atoms with Crippen molar-refractivity contribution in [3.8, 4) is 0 Å². The predicted molar refractivity (Wildman–Crippen MR) is 79.7 cm³/mol. The van der Waals surface area contributed by atoms with Crippen LogP contribution in [-0.4, -0.2) is 16.3 Å². The predicted octanol–water partition coefficient (Wildman–Crippen LogP) is 3.39. The summed E-state index contributed by atoms with van der Waals surface area (Å²) in [5.41, 5.74) is 4.52. The van der Waals surface area contributed by atoms with Crippen molar-refractivity contribution in [3.05, 3.63) is 51.8 Å². The van der Waals surface area contributed by atoms with Gasteiger partial charge in [-0.2, -0.15) is 5.10 Å². The van der Waals surface area contributed by atoms with Crippen molar-refractivity contribution in [3.63, 3.8) is 0 Å². The minimum absolute atomic E-state index is 0.136. The van der Waals surface area contributed by atoms with Crippen LogP contribution in [0.15, 0.2) is 24.4 Å². The van der Waals surface area contributed by atoms with Crippen molar-refractivity contribution in [1.82, 2.24) is 15.1 Å². The Hall–Kier alpha value is -1.32. The fourth-order valence-corrected chi connectivity index (χ4v) is 2.49. The summed E-state index contributed by atoms with van der Waals surface area (Å²) in [6.07, 6.45) is 2.07. The third kappa shape index (κ3) is 2.99. The molecule has 4 heteroatoms. The Bertz CT molecular complexity index is 575. The largest absolute Gasteiger partial charge is 0.306 e. The molecule has 0 aliphatic carbocycles. The Morgan fingerprint density at radius 3 is 2.63 bits per heavy atom. The van der Waals surface area contributed by atoms with Crippen LogP contribution in [0.5, 0.6) is 0 Å². The fraction of sp³-hybridized carbons (Fsp3) is 0.400. The summed E-state index contributed by atoms with van der Waals surface area (Å²) >= 11 is 6.24. The Kier molecular flexibility index (Phi) is 4.27. The first-order valence-corrected chi connectivity index (χ1v) is 6.90. The smallest absolute Gasteiger partial charge is 0.0644 e. The molecule has 0 aliphatic heterocycles. The average molecular weight is 278 g/mol. The molecule has 1 atom stereocenters. The molecule has 1 aromatic heterocycles. The van der Waals surface area contributed by atoms with Crippen LogP contribution in [0.4, 0.5) is 0 Å². The van der Waals surface area contributed by atoms with Crippen molar-refractivity contribution >= 4 is 11.6 Å². The summed E-state index contributed by atoms with van der Waals surface area (Å²) in [6.45, 7) is 7.05. The van der Waals surface area contributed by atoms with Crippen molar-refractivity contribution in [2.75, 3.05) is 6.54 Å². The highest BCUT2D eigenvalue weighted by Crippen LogP contribution is 2.27. The maximum Gasteiger partial charge on any atom is 0.0644 e. The molecule has 0 aliphatic rings. The number of hydrogen-bond donors (Lipinski definition) is 1. The molecular formula is C15H20ClN3. The molecular weight excluding hydrogens is 258 g/mol. The van der Waals surface area contributed by atoms with Gasteiger partial charge in [0, 0.05) is 23.8 Å². The molecule has 102 valence electrons. The number of halogens is 1. The van der Waals surface area contributed by atoms with E-state index in [4.69, 9.17) is 11.6 Å². The van der Waals surface area contributed by atoms with Crippen molar-refractivity contribution in [2.24, 2.45) is 7.05 Å². The van der Waals surface area contributed by atoms with Crippen molar-refractivity contribution in [2.45, 2.75) is 26.8 Å². The first-order valence-electron chi connectivity index (χ1n) is 6.52. The first-order chi connectivity index (χ1) is 9.02. The van der Waals surface area contributed by atoms with E-state index in [1.807, 2.05) is 31.6 Å². The number of aromatic nitrogens is 2. The molecule has 2 aromatic rings. The first kappa shape index (κ1) is 14.1. The summed E-state index contributed by atoms with van der Waals surface area (Å²) in [4.78, 5) is 0. The van der Waals surface area contributed by atoms with Gasteiger partial charge in [-0.05, 0) is 37.6 Å². The summed E-state index contributed by atoms with van der Waals surface area (Å²) in [6, 6.07) is 6.36. The van der Waals surface area contributed by atoms with Gasteiger partial charge in [-0.1, -0.05) is 30.7 Å². The topological polar surface area (TPSA) is 29.9 Å². The lowest BCUT2D eigenvalue weighted by atomic mass is 9.98. The molecule has 0 bridgehead atoms. The molecule has 1 N–H and O–H groups in total. The van der Waals surface area contributed by atoms with E-state index in [0.717, 1.165) is 22.8 Å². The lowest BCUT2D eigenvalue weighted by Crippen LogP contribution is -2.22. The zero-order valence-electron chi connectivity index (χ0n) is 11.9. The number of nitrogens with one attached hydrogen (secondary N) is 1. The van der Waals surface area contributed by atoms with Gasteiger partial charge in [-0.3, -0.25) is 4.68 Å². The summed E-state index contributed by atoms with van der Waals surface area (Å²) in [7, 11) is 1.95. The van der Waals surface area contributed by atoms with E-state index >= 15 is 0 Å². The summed E-state index contributed by atoms with van der Waals surface area (Å²) in [5.74, 6) is 0. The van der Waals surface area contributed by atoms with E-state index in [0.29, 0.717) is 0 Å². The van der Waals surface area contributed by atoms with Crippen LogP contribution in [0.3, 0.4) is 0 Å². The molecule has 1 unspecified atom stereocenters. The van der Waals surface area contributed by atoms with Crippen LogP contribution < -0.4 is 5.32 Å². The third-order valence-electron chi connectivity index (χ3n) is 3.30. The van der Waals surface area contributed by atoms with Gasteiger partial charge in [-0.15, -0.1) is 0 Å². The monoisotopic (exact) mass is 277 g/mol. The minimum Gasteiger partial charge on any atom is -0.306 e. The molecule has 0 radical (unpaired) electrons. The zero-order valence-corrected chi connectivity index (χ0v) is 12.6. The Morgan fingerprint density at radius 2 is 2.11 bits per heavy atom. The van der Waals surface area contributed by atoms with Crippen LogP contribution in [0, 0.1) is 13.8 Å². The van der Waals surface area contributed by atoms with Crippen molar-refractivity contribution < 1.29 is 0 Å². The van der Waals surface area contributed by atoms with E-state index in [2.05, 4.69) is 35.7 Å². The van der Waals surface area contributed by atoms with E-state index in [1.54, 1.807) is 0 Å². The second kappa shape index (κ2) is 5.76. The van der Waals surface area contributed by atoms with Gasteiger partial charge >= 0.3 is 0 Å². The average Bonchev–Trinajstić information content (AvgIpc) is 2.69. The fourth-order valence-electron chi connectivity index (χ4n) is 2.30. The van der Waals surface area contributed by atoms with Gasteiger partial charge in [0.2, 0.25) is 0 Å². The van der Waals surface area contributed by atoms with Crippen LogP contribution in [0.2, 0.25) is 5.02 Å². The van der Waals surface area contributed by atoms with E-state index in [9.17, 15) is 0 Å². The molecule has 1 heterocycles.